The molecule has 1 atom stereocenters. The van der Waals surface area contributed by atoms with E-state index in [4.69, 9.17) is 11.6 Å². The van der Waals surface area contributed by atoms with Gasteiger partial charge in [0.2, 0.25) is 11.8 Å². The maximum Gasteiger partial charge on any atom is 0.228 e. The van der Waals surface area contributed by atoms with E-state index in [2.05, 4.69) is 19.0 Å². The summed E-state index contributed by atoms with van der Waals surface area (Å²) in [5, 5.41) is 0.644. The molecule has 2 amide bonds. The standard InChI is InChI=1S/C20H28ClN3O2/c1-22(2)10-7-15-8-11-23(12-9-15)20(26)16-13-19(25)24(14-16)18-5-3-17(21)4-6-18/h3-6,15-16H,7-14H2,1-2H3/t16-/m0/s1. The van der Waals surface area contributed by atoms with Gasteiger partial charge in [-0.3, -0.25) is 9.59 Å². The van der Waals surface area contributed by atoms with Crippen molar-refractivity contribution in [1.82, 2.24) is 9.80 Å². The van der Waals surface area contributed by atoms with Crippen molar-refractivity contribution in [2.24, 2.45) is 11.8 Å². The minimum Gasteiger partial charge on any atom is -0.342 e. The highest BCUT2D eigenvalue weighted by atomic mass is 35.5. The Labute approximate surface area is 160 Å². The van der Waals surface area contributed by atoms with Crippen LogP contribution in [0.15, 0.2) is 24.3 Å². The maximum absolute atomic E-state index is 12.9. The van der Waals surface area contributed by atoms with Crippen molar-refractivity contribution < 1.29 is 9.59 Å². The second-order valence-corrected chi connectivity index (χ2v) is 8.18. The summed E-state index contributed by atoms with van der Waals surface area (Å²) in [5.41, 5.74) is 0.817. The first-order valence-corrected chi connectivity index (χ1v) is 9.81. The summed E-state index contributed by atoms with van der Waals surface area (Å²) in [6.07, 6.45) is 3.64. The molecule has 1 aromatic carbocycles. The van der Waals surface area contributed by atoms with Crippen molar-refractivity contribution in [1.29, 1.82) is 0 Å². The first-order chi connectivity index (χ1) is 12.4. The van der Waals surface area contributed by atoms with Crippen LogP contribution in [-0.4, -0.2) is 61.9 Å². The van der Waals surface area contributed by atoms with E-state index in [9.17, 15) is 9.59 Å². The molecule has 0 spiro atoms. The van der Waals surface area contributed by atoms with Gasteiger partial charge in [-0.15, -0.1) is 0 Å². The lowest BCUT2D eigenvalue weighted by Crippen LogP contribution is -2.42. The van der Waals surface area contributed by atoms with Crippen LogP contribution in [0, 0.1) is 11.8 Å². The van der Waals surface area contributed by atoms with Crippen LogP contribution < -0.4 is 4.90 Å². The summed E-state index contributed by atoms with van der Waals surface area (Å²) in [4.78, 5) is 31.1. The van der Waals surface area contributed by atoms with Crippen LogP contribution in [0.5, 0.6) is 0 Å². The van der Waals surface area contributed by atoms with Gasteiger partial charge in [-0.1, -0.05) is 11.6 Å². The summed E-state index contributed by atoms with van der Waals surface area (Å²) in [6, 6.07) is 7.22. The zero-order valence-corrected chi connectivity index (χ0v) is 16.4. The van der Waals surface area contributed by atoms with Gasteiger partial charge in [0.05, 0.1) is 5.92 Å². The lowest BCUT2D eigenvalue weighted by molar-refractivity contribution is -0.137. The van der Waals surface area contributed by atoms with Crippen molar-refractivity contribution in [2.45, 2.75) is 25.7 Å². The predicted molar refractivity (Wildman–Crippen MR) is 104 cm³/mol. The molecular formula is C20H28ClN3O2. The molecule has 1 aromatic rings. The molecule has 2 fully saturated rings. The molecule has 0 aliphatic carbocycles. The van der Waals surface area contributed by atoms with Gasteiger partial charge in [0.1, 0.15) is 0 Å². The van der Waals surface area contributed by atoms with Crippen LogP contribution in [-0.2, 0) is 9.59 Å². The second-order valence-electron chi connectivity index (χ2n) is 7.74. The third-order valence-electron chi connectivity index (χ3n) is 5.52. The number of benzene rings is 1. The fourth-order valence-corrected chi connectivity index (χ4v) is 4.01. The average Bonchev–Trinajstić information content (AvgIpc) is 3.02. The molecule has 0 radical (unpaired) electrons. The molecule has 0 saturated carbocycles. The summed E-state index contributed by atoms with van der Waals surface area (Å²) in [5.74, 6) is 0.640. The highest BCUT2D eigenvalue weighted by Crippen LogP contribution is 2.29. The van der Waals surface area contributed by atoms with Crippen LogP contribution in [0.25, 0.3) is 0 Å². The molecule has 5 nitrogen and oxygen atoms in total. The highest BCUT2D eigenvalue weighted by molar-refractivity contribution is 6.30. The van der Waals surface area contributed by atoms with Crippen LogP contribution >= 0.6 is 11.6 Å². The van der Waals surface area contributed by atoms with E-state index in [1.807, 2.05) is 17.0 Å². The van der Waals surface area contributed by atoms with E-state index in [1.165, 1.54) is 6.42 Å². The van der Waals surface area contributed by atoms with E-state index in [1.54, 1.807) is 17.0 Å². The van der Waals surface area contributed by atoms with Gasteiger partial charge < -0.3 is 14.7 Å². The van der Waals surface area contributed by atoms with E-state index in [0.717, 1.165) is 38.2 Å². The Morgan fingerprint density at radius 3 is 2.46 bits per heavy atom. The molecule has 0 bridgehead atoms. The molecule has 0 N–H and O–H groups in total. The number of rotatable bonds is 5. The number of halogens is 1. The number of piperidine rings is 1. The summed E-state index contributed by atoms with van der Waals surface area (Å²) < 4.78 is 0. The Morgan fingerprint density at radius 1 is 1.19 bits per heavy atom. The molecule has 6 heteroatoms. The second kappa shape index (κ2) is 8.40. The average molecular weight is 378 g/mol. The molecule has 2 saturated heterocycles. The monoisotopic (exact) mass is 377 g/mol. The normalized spacial score (nSPS) is 21.7. The number of carbonyl (C=O) groups excluding carboxylic acids is 2. The fraction of sp³-hybridized carbons (Fsp3) is 0.600. The number of hydrogen-bond acceptors (Lipinski definition) is 3. The number of nitrogens with zero attached hydrogens (tertiary/aromatic N) is 3. The predicted octanol–water partition coefficient (Wildman–Crippen LogP) is 2.88. The molecular weight excluding hydrogens is 350 g/mol. The van der Waals surface area contributed by atoms with Crippen LogP contribution in [0.4, 0.5) is 5.69 Å². The van der Waals surface area contributed by atoms with Gasteiger partial charge in [-0.05, 0) is 70.1 Å². The summed E-state index contributed by atoms with van der Waals surface area (Å²) in [6.45, 7) is 3.22. The molecule has 142 valence electrons. The lowest BCUT2D eigenvalue weighted by atomic mass is 9.92. The van der Waals surface area contributed by atoms with Crippen molar-refractivity contribution >= 4 is 29.1 Å². The molecule has 3 rings (SSSR count). The lowest BCUT2D eigenvalue weighted by Gasteiger charge is -2.34. The van der Waals surface area contributed by atoms with Gasteiger partial charge in [-0.2, -0.15) is 0 Å². The zero-order valence-electron chi connectivity index (χ0n) is 15.7. The summed E-state index contributed by atoms with van der Waals surface area (Å²) >= 11 is 5.92. The van der Waals surface area contributed by atoms with Gasteiger partial charge in [0.25, 0.3) is 0 Å². The van der Waals surface area contributed by atoms with Crippen LogP contribution in [0.1, 0.15) is 25.7 Å². The van der Waals surface area contributed by atoms with E-state index >= 15 is 0 Å². The van der Waals surface area contributed by atoms with Gasteiger partial charge in [0, 0.05) is 36.8 Å². The largest absolute Gasteiger partial charge is 0.342 e. The molecule has 2 aliphatic heterocycles. The molecule has 2 heterocycles. The SMILES string of the molecule is CN(C)CCC1CCN(C(=O)[C@H]2CC(=O)N(c3ccc(Cl)cc3)C2)CC1. The van der Waals surface area contributed by atoms with Gasteiger partial charge in [-0.25, -0.2) is 0 Å². The van der Waals surface area contributed by atoms with Crippen LogP contribution in [0.3, 0.4) is 0 Å². The van der Waals surface area contributed by atoms with Gasteiger partial charge >= 0.3 is 0 Å². The summed E-state index contributed by atoms with van der Waals surface area (Å²) in [7, 11) is 4.20. The van der Waals surface area contributed by atoms with Crippen LogP contribution in [0.2, 0.25) is 5.02 Å². The third-order valence-corrected chi connectivity index (χ3v) is 5.78. The Hall–Kier alpha value is -1.59. The number of amides is 2. The molecule has 0 aromatic heterocycles. The fourth-order valence-electron chi connectivity index (χ4n) is 3.88. The maximum atomic E-state index is 12.9. The van der Waals surface area contributed by atoms with E-state index in [-0.39, 0.29) is 17.7 Å². The first-order valence-electron chi connectivity index (χ1n) is 9.43. The topological polar surface area (TPSA) is 43.9 Å². The van der Waals surface area contributed by atoms with Crippen molar-refractivity contribution in [3.05, 3.63) is 29.3 Å². The Kier molecular flexibility index (Phi) is 6.20. The molecule has 2 aliphatic rings. The minimum absolute atomic E-state index is 0.0199. The third kappa shape index (κ3) is 4.57. The number of anilines is 1. The Bertz CT molecular complexity index is 639. The first kappa shape index (κ1) is 19.2. The molecule has 26 heavy (non-hydrogen) atoms. The van der Waals surface area contributed by atoms with Crippen molar-refractivity contribution in [3.63, 3.8) is 0 Å². The van der Waals surface area contributed by atoms with Crippen molar-refractivity contribution in [3.8, 4) is 0 Å². The number of likely N-dealkylation sites (tertiary alicyclic amines) is 1. The minimum atomic E-state index is -0.225. The van der Waals surface area contributed by atoms with Gasteiger partial charge in [0.15, 0.2) is 0 Å². The quantitative estimate of drug-likeness (QED) is 0.792. The Morgan fingerprint density at radius 2 is 1.85 bits per heavy atom. The van der Waals surface area contributed by atoms with E-state index in [0.29, 0.717) is 23.9 Å². The number of carbonyl (C=O) groups is 2. The Balaban J connectivity index is 1.53. The van der Waals surface area contributed by atoms with E-state index < -0.39 is 0 Å². The van der Waals surface area contributed by atoms with Crippen molar-refractivity contribution in [2.75, 3.05) is 45.2 Å². The smallest absolute Gasteiger partial charge is 0.228 e. The molecule has 0 unspecified atom stereocenters. The zero-order chi connectivity index (χ0) is 18.7. The highest BCUT2D eigenvalue weighted by Gasteiger charge is 2.38. The number of hydrogen-bond donors (Lipinski definition) is 0.